The first-order valence-electron chi connectivity index (χ1n) is 8.44. The molecule has 0 saturated carbocycles. The zero-order valence-corrected chi connectivity index (χ0v) is 13.8. The maximum absolute atomic E-state index is 13.0. The number of likely N-dealkylation sites (tertiary alicyclic amines) is 1. The summed E-state index contributed by atoms with van der Waals surface area (Å²) in [6.07, 6.45) is 8.80. The van der Waals surface area contributed by atoms with Gasteiger partial charge < -0.3 is 9.88 Å². The minimum absolute atomic E-state index is 0.0973. The number of hydrogen-bond donors (Lipinski definition) is 1. The van der Waals surface area contributed by atoms with Crippen molar-refractivity contribution in [2.24, 2.45) is 0 Å². The van der Waals surface area contributed by atoms with Crippen molar-refractivity contribution in [2.75, 3.05) is 6.54 Å². The van der Waals surface area contributed by atoms with Crippen LogP contribution in [0.15, 0.2) is 36.9 Å². The third kappa shape index (κ3) is 2.79. The van der Waals surface area contributed by atoms with Crippen LogP contribution in [0.2, 0.25) is 0 Å². The van der Waals surface area contributed by atoms with E-state index in [2.05, 4.69) is 15.1 Å². The van der Waals surface area contributed by atoms with E-state index >= 15 is 0 Å². The molecule has 1 aliphatic rings. The Balaban J connectivity index is 1.57. The van der Waals surface area contributed by atoms with Gasteiger partial charge in [0.15, 0.2) is 0 Å². The molecule has 1 amide bonds. The average molecular weight is 323 g/mol. The summed E-state index contributed by atoms with van der Waals surface area (Å²) < 4.78 is 1.95. The Kier molecular flexibility index (Phi) is 3.80. The monoisotopic (exact) mass is 323 g/mol. The zero-order chi connectivity index (χ0) is 16.5. The van der Waals surface area contributed by atoms with Crippen molar-refractivity contribution in [2.45, 2.75) is 38.8 Å². The number of fused-ring (bicyclic) bond motifs is 1. The molecule has 0 bridgehead atoms. The summed E-state index contributed by atoms with van der Waals surface area (Å²) in [5.74, 6) is 0.0973. The largest absolute Gasteiger partial charge is 0.345 e. The van der Waals surface area contributed by atoms with Crippen LogP contribution in [0.1, 0.15) is 35.2 Å². The second-order valence-corrected chi connectivity index (χ2v) is 6.52. The number of aryl methyl sites for hydroxylation is 1. The summed E-state index contributed by atoms with van der Waals surface area (Å²) in [5, 5.41) is 4.38. The number of piperidine rings is 1. The molecule has 2 aromatic heterocycles. The van der Waals surface area contributed by atoms with Gasteiger partial charge in [-0.15, -0.1) is 0 Å². The highest BCUT2D eigenvalue weighted by Crippen LogP contribution is 2.22. The highest BCUT2D eigenvalue weighted by Gasteiger charge is 2.28. The maximum atomic E-state index is 13.0. The minimum atomic E-state index is 0.0973. The molecule has 0 radical (unpaired) electrons. The van der Waals surface area contributed by atoms with E-state index in [0.717, 1.165) is 54.5 Å². The number of aromatic nitrogens is 4. The minimum Gasteiger partial charge on any atom is -0.345 e. The summed E-state index contributed by atoms with van der Waals surface area (Å²) in [7, 11) is 0. The Hall–Kier alpha value is -2.63. The van der Waals surface area contributed by atoms with Gasteiger partial charge in [0.1, 0.15) is 0 Å². The van der Waals surface area contributed by atoms with Crippen LogP contribution in [0.5, 0.6) is 0 Å². The maximum Gasteiger partial charge on any atom is 0.254 e. The van der Waals surface area contributed by atoms with Crippen LogP contribution in [0.25, 0.3) is 11.0 Å². The molecular weight excluding hydrogens is 302 g/mol. The third-order valence-electron chi connectivity index (χ3n) is 4.72. The summed E-state index contributed by atoms with van der Waals surface area (Å²) in [5.41, 5.74) is 3.65. The summed E-state index contributed by atoms with van der Waals surface area (Å²) >= 11 is 0. The van der Waals surface area contributed by atoms with Gasteiger partial charge in [-0.25, -0.2) is 4.98 Å². The Morgan fingerprint density at radius 3 is 3.12 bits per heavy atom. The van der Waals surface area contributed by atoms with Crippen molar-refractivity contribution in [1.82, 2.24) is 24.6 Å². The van der Waals surface area contributed by atoms with Crippen molar-refractivity contribution in [3.63, 3.8) is 0 Å². The van der Waals surface area contributed by atoms with Crippen molar-refractivity contribution < 1.29 is 4.79 Å². The van der Waals surface area contributed by atoms with Gasteiger partial charge in [-0.05, 0) is 49.9 Å². The second-order valence-electron chi connectivity index (χ2n) is 6.52. The molecule has 1 fully saturated rings. The standard InChI is InChI=1S/C18H21N5O/c1-13-9-21-22(10-13)11-15-4-2-3-7-23(15)18(24)14-5-6-16-17(8-14)20-12-19-16/h5-6,8-10,12,15H,2-4,7,11H2,1H3,(H,19,20). The Labute approximate surface area is 140 Å². The van der Waals surface area contributed by atoms with Gasteiger partial charge >= 0.3 is 0 Å². The first-order valence-corrected chi connectivity index (χ1v) is 8.44. The van der Waals surface area contributed by atoms with Crippen molar-refractivity contribution in [3.8, 4) is 0 Å². The molecule has 24 heavy (non-hydrogen) atoms. The molecule has 1 atom stereocenters. The fourth-order valence-corrected chi connectivity index (χ4v) is 3.47. The van der Waals surface area contributed by atoms with E-state index in [1.165, 1.54) is 0 Å². The Bertz CT molecular complexity index is 865. The summed E-state index contributed by atoms with van der Waals surface area (Å²) in [6, 6.07) is 5.86. The van der Waals surface area contributed by atoms with E-state index in [1.54, 1.807) is 6.33 Å². The molecule has 0 aliphatic carbocycles. The highest BCUT2D eigenvalue weighted by atomic mass is 16.2. The normalized spacial score (nSPS) is 18.2. The van der Waals surface area contributed by atoms with Gasteiger partial charge in [0.2, 0.25) is 0 Å². The molecule has 6 heteroatoms. The highest BCUT2D eigenvalue weighted by molar-refractivity contribution is 5.97. The van der Waals surface area contributed by atoms with Crippen molar-refractivity contribution in [1.29, 1.82) is 0 Å². The number of imidazole rings is 1. The fraction of sp³-hybridized carbons (Fsp3) is 0.389. The first-order chi connectivity index (χ1) is 11.7. The van der Waals surface area contributed by atoms with E-state index in [9.17, 15) is 4.79 Å². The molecule has 0 spiro atoms. The van der Waals surface area contributed by atoms with Gasteiger partial charge in [0.05, 0.1) is 36.1 Å². The van der Waals surface area contributed by atoms with Gasteiger partial charge in [-0.2, -0.15) is 5.10 Å². The van der Waals surface area contributed by atoms with E-state index in [4.69, 9.17) is 0 Å². The summed E-state index contributed by atoms with van der Waals surface area (Å²) in [4.78, 5) is 22.3. The number of carbonyl (C=O) groups excluding carboxylic acids is 1. The Morgan fingerprint density at radius 2 is 2.29 bits per heavy atom. The number of amides is 1. The van der Waals surface area contributed by atoms with Crippen LogP contribution < -0.4 is 0 Å². The lowest BCUT2D eigenvalue weighted by atomic mass is 10.0. The molecule has 1 saturated heterocycles. The van der Waals surface area contributed by atoms with E-state index < -0.39 is 0 Å². The first kappa shape index (κ1) is 14.9. The molecule has 6 nitrogen and oxygen atoms in total. The van der Waals surface area contributed by atoms with Gasteiger partial charge in [0.25, 0.3) is 5.91 Å². The number of H-pyrrole nitrogens is 1. The lowest BCUT2D eigenvalue weighted by molar-refractivity contribution is 0.0584. The average Bonchev–Trinajstić information content (AvgIpc) is 3.22. The number of rotatable bonds is 3. The van der Waals surface area contributed by atoms with E-state index in [-0.39, 0.29) is 11.9 Å². The molecule has 124 valence electrons. The second kappa shape index (κ2) is 6.11. The lowest BCUT2D eigenvalue weighted by Gasteiger charge is -2.35. The number of benzene rings is 1. The topological polar surface area (TPSA) is 66.8 Å². The van der Waals surface area contributed by atoms with Crippen LogP contribution in [0.3, 0.4) is 0 Å². The predicted octanol–water partition coefficient (Wildman–Crippen LogP) is 2.76. The molecule has 1 aromatic carbocycles. The molecule has 1 unspecified atom stereocenters. The van der Waals surface area contributed by atoms with Gasteiger partial charge in [-0.3, -0.25) is 9.48 Å². The fourth-order valence-electron chi connectivity index (χ4n) is 3.47. The van der Waals surface area contributed by atoms with E-state index in [1.807, 2.05) is 47.1 Å². The smallest absolute Gasteiger partial charge is 0.254 e. The third-order valence-corrected chi connectivity index (χ3v) is 4.72. The number of nitrogens with zero attached hydrogens (tertiary/aromatic N) is 4. The molecule has 4 rings (SSSR count). The quantitative estimate of drug-likeness (QED) is 0.806. The van der Waals surface area contributed by atoms with Gasteiger partial charge in [-0.1, -0.05) is 0 Å². The molecule has 1 aliphatic heterocycles. The van der Waals surface area contributed by atoms with Crippen LogP contribution in [0.4, 0.5) is 0 Å². The van der Waals surface area contributed by atoms with Crippen LogP contribution >= 0.6 is 0 Å². The van der Waals surface area contributed by atoms with Gasteiger partial charge in [0, 0.05) is 18.3 Å². The van der Waals surface area contributed by atoms with Crippen LogP contribution in [-0.2, 0) is 6.54 Å². The Morgan fingerprint density at radius 1 is 1.38 bits per heavy atom. The number of hydrogen-bond acceptors (Lipinski definition) is 3. The SMILES string of the molecule is Cc1cnn(CC2CCCCN2C(=O)c2ccc3nc[nH]c3c2)c1. The predicted molar refractivity (Wildman–Crippen MR) is 91.7 cm³/mol. The van der Waals surface area contributed by atoms with E-state index in [0.29, 0.717) is 0 Å². The molecular formula is C18H21N5O. The number of carbonyl (C=O) groups is 1. The van der Waals surface area contributed by atoms with Crippen LogP contribution in [0, 0.1) is 6.92 Å². The number of nitrogens with one attached hydrogen (secondary N) is 1. The van der Waals surface area contributed by atoms with Crippen LogP contribution in [-0.4, -0.2) is 43.1 Å². The summed E-state index contributed by atoms with van der Waals surface area (Å²) in [6.45, 7) is 3.60. The van der Waals surface area contributed by atoms with Crippen molar-refractivity contribution in [3.05, 3.63) is 48.0 Å². The van der Waals surface area contributed by atoms with Crippen molar-refractivity contribution >= 4 is 16.9 Å². The zero-order valence-electron chi connectivity index (χ0n) is 13.8. The molecule has 3 heterocycles. The lowest BCUT2D eigenvalue weighted by Crippen LogP contribution is -2.45. The number of aromatic amines is 1. The molecule has 3 aromatic rings. The molecule has 1 N–H and O–H groups in total.